The lowest BCUT2D eigenvalue weighted by atomic mass is 10.1. The van der Waals surface area contributed by atoms with Crippen LogP contribution < -0.4 is 5.32 Å². The van der Waals surface area contributed by atoms with Gasteiger partial charge in [0.15, 0.2) is 15.9 Å². The van der Waals surface area contributed by atoms with Crippen LogP contribution in [-0.4, -0.2) is 32.7 Å². The molecule has 8 heteroatoms. The van der Waals surface area contributed by atoms with E-state index in [4.69, 9.17) is 4.74 Å². The van der Waals surface area contributed by atoms with E-state index in [0.717, 1.165) is 6.26 Å². The molecule has 1 atom stereocenters. The number of carbonyl (C=O) groups excluding carboxylic acids is 2. The van der Waals surface area contributed by atoms with Crippen molar-refractivity contribution in [1.82, 2.24) is 5.32 Å². The van der Waals surface area contributed by atoms with Gasteiger partial charge in [-0.15, -0.1) is 0 Å². The Morgan fingerprint density at radius 2 is 1.59 bits per heavy atom. The van der Waals surface area contributed by atoms with Crippen molar-refractivity contribution in [3.05, 3.63) is 71.0 Å². The maximum atomic E-state index is 12.8. The number of ether oxygens (including phenoxy) is 1. The summed E-state index contributed by atoms with van der Waals surface area (Å²) in [5, 5.41) is 2.60. The topological polar surface area (TPSA) is 89.5 Å². The minimum absolute atomic E-state index is 0.121. The van der Waals surface area contributed by atoms with Crippen LogP contribution in [-0.2, 0) is 31.7 Å². The van der Waals surface area contributed by atoms with E-state index in [1.54, 1.807) is 12.1 Å². The van der Waals surface area contributed by atoms with E-state index in [9.17, 15) is 22.4 Å². The van der Waals surface area contributed by atoms with Gasteiger partial charge >= 0.3 is 5.97 Å². The minimum Gasteiger partial charge on any atom is -0.449 e. The summed E-state index contributed by atoms with van der Waals surface area (Å²) >= 11 is 0. The van der Waals surface area contributed by atoms with Crippen LogP contribution in [0, 0.1) is 5.82 Å². The molecule has 0 fully saturated rings. The Morgan fingerprint density at radius 3 is 2.15 bits per heavy atom. The maximum absolute atomic E-state index is 12.8. The lowest BCUT2D eigenvalue weighted by Gasteiger charge is -2.14. The van der Waals surface area contributed by atoms with E-state index in [0.29, 0.717) is 11.1 Å². The second-order valence-electron chi connectivity index (χ2n) is 6.16. The minimum atomic E-state index is -3.16. The number of esters is 1. The summed E-state index contributed by atoms with van der Waals surface area (Å²) in [5.41, 5.74) is 1.48. The average Bonchev–Trinajstić information content (AvgIpc) is 2.60. The number of amides is 1. The highest BCUT2D eigenvalue weighted by molar-refractivity contribution is 7.89. The van der Waals surface area contributed by atoms with E-state index in [-0.39, 0.29) is 23.7 Å². The SMILES string of the molecule is C[C@@H](OC(=O)c1ccc(CS(C)(=O)=O)cc1)C(=O)NCc1ccc(F)cc1. The number of nitrogens with one attached hydrogen (secondary N) is 1. The average molecular weight is 393 g/mol. The van der Waals surface area contributed by atoms with Crippen molar-refractivity contribution < 1.29 is 27.1 Å². The zero-order chi connectivity index (χ0) is 20.0. The van der Waals surface area contributed by atoms with E-state index in [2.05, 4.69) is 5.32 Å². The number of rotatable bonds is 7. The van der Waals surface area contributed by atoms with Crippen LogP contribution >= 0.6 is 0 Å². The summed E-state index contributed by atoms with van der Waals surface area (Å²) in [6, 6.07) is 11.6. The summed E-state index contributed by atoms with van der Waals surface area (Å²) < 4.78 is 40.5. The number of sulfone groups is 1. The predicted molar refractivity (Wildman–Crippen MR) is 98.1 cm³/mol. The predicted octanol–water partition coefficient (Wildman–Crippen LogP) is 2.23. The smallest absolute Gasteiger partial charge is 0.338 e. The Labute approximate surface area is 157 Å². The largest absolute Gasteiger partial charge is 0.449 e. The van der Waals surface area contributed by atoms with Gasteiger partial charge in [0.2, 0.25) is 0 Å². The molecule has 0 aliphatic heterocycles. The van der Waals surface area contributed by atoms with Gasteiger partial charge in [-0.2, -0.15) is 0 Å². The Hall–Kier alpha value is -2.74. The van der Waals surface area contributed by atoms with Crippen LogP contribution in [0.1, 0.15) is 28.4 Å². The zero-order valence-corrected chi connectivity index (χ0v) is 15.8. The molecule has 0 spiro atoms. The van der Waals surface area contributed by atoms with Gasteiger partial charge in [0.25, 0.3) is 5.91 Å². The van der Waals surface area contributed by atoms with Gasteiger partial charge in [-0.3, -0.25) is 4.79 Å². The molecular formula is C19H20FNO5S. The molecule has 0 aromatic heterocycles. The van der Waals surface area contributed by atoms with Crippen molar-refractivity contribution >= 4 is 21.7 Å². The third-order valence-electron chi connectivity index (χ3n) is 3.65. The van der Waals surface area contributed by atoms with Gasteiger partial charge in [0, 0.05) is 12.8 Å². The molecule has 0 heterocycles. The number of hydrogen-bond acceptors (Lipinski definition) is 5. The number of benzene rings is 2. The van der Waals surface area contributed by atoms with E-state index >= 15 is 0 Å². The Kier molecular flexibility index (Phi) is 6.68. The second-order valence-corrected chi connectivity index (χ2v) is 8.30. The monoisotopic (exact) mass is 393 g/mol. The van der Waals surface area contributed by atoms with Crippen molar-refractivity contribution in [2.24, 2.45) is 0 Å². The Morgan fingerprint density at radius 1 is 1.04 bits per heavy atom. The van der Waals surface area contributed by atoms with E-state index < -0.39 is 27.8 Å². The second kappa shape index (κ2) is 8.77. The third-order valence-corrected chi connectivity index (χ3v) is 4.51. The molecule has 0 unspecified atom stereocenters. The molecule has 0 saturated heterocycles. The van der Waals surface area contributed by atoms with Gasteiger partial charge in [0.1, 0.15) is 5.82 Å². The molecule has 144 valence electrons. The van der Waals surface area contributed by atoms with Gasteiger partial charge in [-0.1, -0.05) is 24.3 Å². The van der Waals surface area contributed by atoms with Crippen LogP contribution in [0.5, 0.6) is 0 Å². The highest BCUT2D eigenvalue weighted by Crippen LogP contribution is 2.10. The fourth-order valence-corrected chi connectivity index (χ4v) is 3.06. The highest BCUT2D eigenvalue weighted by Gasteiger charge is 2.19. The molecular weight excluding hydrogens is 373 g/mol. The van der Waals surface area contributed by atoms with E-state index in [1.807, 2.05) is 0 Å². The van der Waals surface area contributed by atoms with Crippen molar-refractivity contribution in [2.45, 2.75) is 25.3 Å². The van der Waals surface area contributed by atoms with Gasteiger partial charge in [-0.25, -0.2) is 17.6 Å². The quantitative estimate of drug-likeness (QED) is 0.729. The van der Waals surface area contributed by atoms with Gasteiger partial charge in [-0.05, 0) is 42.3 Å². The van der Waals surface area contributed by atoms with Crippen LogP contribution in [0.15, 0.2) is 48.5 Å². The summed E-state index contributed by atoms with van der Waals surface area (Å²) in [6.45, 7) is 1.62. The van der Waals surface area contributed by atoms with Crippen LogP contribution in [0.4, 0.5) is 4.39 Å². The molecule has 1 amide bonds. The van der Waals surface area contributed by atoms with Crippen molar-refractivity contribution in [3.63, 3.8) is 0 Å². The lowest BCUT2D eigenvalue weighted by molar-refractivity contribution is -0.129. The lowest BCUT2D eigenvalue weighted by Crippen LogP contribution is -2.35. The Balaban J connectivity index is 1.88. The number of halogens is 1. The first-order valence-corrected chi connectivity index (χ1v) is 10.2. The summed E-state index contributed by atoms with van der Waals surface area (Å²) in [6.07, 6.45) is 0.107. The number of carbonyl (C=O) groups is 2. The molecule has 0 saturated carbocycles. The normalized spacial score (nSPS) is 12.3. The molecule has 2 rings (SSSR count). The first-order valence-electron chi connectivity index (χ1n) is 8.14. The van der Waals surface area contributed by atoms with Crippen molar-refractivity contribution in [2.75, 3.05) is 6.26 Å². The Bertz CT molecular complexity index is 908. The number of hydrogen-bond donors (Lipinski definition) is 1. The fourth-order valence-electron chi connectivity index (χ4n) is 2.26. The molecule has 2 aromatic carbocycles. The van der Waals surface area contributed by atoms with E-state index in [1.165, 1.54) is 43.3 Å². The van der Waals surface area contributed by atoms with Crippen molar-refractivity contribution in [1.29, 1.82) is 0 Å². The fraction of sp³-hybridized carbons (Fsp3) is 0.263. The molecule has 0 aliphatic rings. The third kappa shape index (κ3) is 6.82. The highest BCUT2D eigenvalue weighted by atomic mass is 32.2. The molecule has 0 bridgehead atoms. The summed E-state index contributed by atoms with van der Waals surface area (Å²) in [7, 11) is -3.16. The standard InChI is InChI=1S/C19H20FNO5S/c1-13(18(22)21-11-14-5-9-17(20)10-6-14)26-19(23)16-7-3-15(4-8-16)12-27(2,24)25/h3-10,13H,11-12H2,1-2H3,(H,21,22)/t13-/m1/s1. The van der Waals surface area contributed by atoms with Crippen molar-refractivity contribution in [3.8, 4) is 0 Å². The summed E-state index contributed by atoms with van der Waals surface area (Å²) in [4.78, 5) is 24.1. The van der Waals surface area contributed by atoms with Crippen LogP contribution in [0.25, 0.3) is 0 Å². The van der Waals surface area contributed by atoms with Gasteiger partial charge < -0.3 is 10.1 Å². The molecule has 2 aromatic rings. The van der Waals surface area contributed by atoms with Gasteiger partial charge in [0.05, 0.1) is 11.3 Å². The molecule has 6 nitrogen and oxygen atoms in total. The molecule has 1 N–H and O–H groups in total. The zero-order valence-electron chi connectivity index (χ0n) is 14.9. The molecule has 27 heavy (non-hydrogen) atoms. The molecule has 0 aliphatic carbocycles. The first kappa shape index (κ1) is 20.6. The first-order chi connectivity index (χ1) is 12.6. The van der Waals surface area contributed by atoms with Crippen LogP contribution in [0.3, 0.4) is 0 Å². The maximum Gasteiger partial charge on any atom is 0.338 e. The summed E-state index contributed by atoms with van der Waals surface area (Å²) in [5.74, 6) is -1.66. The molecule has 0 radical (unpaired) electrons. The van der Waals surface area contributed by atoms with Crippen LogP contribution in [0.2, 0.25) is 0 Å².